The van der Waals surface area contributed by atoms with Gasteiger partial charge in [-0.1, -0.05) is 6.08 Å². The van der Waals surface area contributed by atoms with Gasteiger partial charge >= 0.3 is 6.18 Å². The van der Waals surface area contributed by atoms with E-state index in [0.717, 1.165) is 0 Å². The molecule has 2 unspecified atom stereocenters. The summed E-state index contributed by atoms with van der Waals surface area (Å²) in [7, 11) is 0. The Labute approximate surface area is 98.5 Å². The Hall–Kier alpha value is -1.04. The topological polar surface area (TPSA) is 46.3 Å². The molecule has 0 aromatic heterocycles. The number of hydrogen-bond donors (Lipinski definition) is 1. The van der Waals surface area contributed by atoms with Crippen molar-refractivity contribution in [2.45, 2.75) is 31.5 Å². The molecule has 1 amide bonds. The maximum atomic E-state index is 12.5. The zero-order valence-electron chi connectivity index (χ0n) is 9.54. The minimum atomic E-state index is -4.23. The summed E-state index contributed by atoms with van der Waals surface area (Å²) in [5, 5.41) is 0. The van der Waals surface area contributed by atoms with E-state index in [4.69, 9.17) is 5.73 Å². The molecule has 0 bridgehead atoms. The number of carbonyl (C=O) groups excluding carboxylic acids is 1. The molecule has 2 N–H and O–H groups in total. The van der Waals surface area contributed by atoms with Gasteiger partial charge in [0.15, 0.2) is 0 Å². The highest BCUT2D eigenvalue weighted by molar-refractivity contribution is 5.81. The van der Waals surface area contributed by atoms with E-state index in [1.807, 2.05) is 0 Å². The minimum Gasteiger partial charge on any atom is -0.341 e. The van der Waals surface area contributed by atoms with Crippen LogP contribution in [0.15, 0.2) is 12.7 Å². The number of rotatable bonds is 3. The van der Waals surface area contributed by atoms with Crippen LogP contribution in [0.3, 0.4) is 0 Å². The number of hydrogen-bond acceptors (Lipinski definition) is 2. The second-order valence-electron chi connectivity index (χ2n) is 4.30. The van der Waals surface area contributed by atoms with Crippen molar-refractivity contribution in [3.05, 3.63) is 12.7 Å². The summed E-state index contributed by atoms with van der Waals surface area (Å²) in [5.74, 6) is -1.84. The highest BCUT2D eigenvalue weighted by Crippen LogP contribution is 2.33. The van der Waals surface area contributed by atoms with Gasteiger partial charge in [0, 0.05) is 13.1 Å². The average Bonchev–Trinajstić information content (AvgIpc) is 2.27. The van der Waals surface area contributed by atoms with Crippen LogP contribution < -0.4 is 5.73 Å². The summed E-state index contributed by atoms with van der Waals surface area (Å²) in [5.41, 5.74) is 5.57. The summed E-state index contributed by atoms with van der Waals surface area (Å²) in [6.07, 6.45) is -2.00. The lowest BCUT2D eigenvalue weighted by Gasteiger charge is -2.34. The quantitative estimate of drug-likeness (QED) is 0.775. The first-order chi connectivity index (χ1) is 7.86. The molecule has 0 aliphatic carbocycles. The van der Waals surface area contributed by atoms with Crippen LogP contribution >= 0.6 is 0 Å². The van der Waals surface area contributed by atoms with E-state index in [9.17, 15) is 18.0 Å². The molecule has 0 aromatic rings. The third-order valence-electron chi connectivity index (χ3n) is 2.93. The van der Waals surface area contributed by atoms with E-state index in [1.54, 1.807) is 0 Å². The van der Waals surface area contributed by atoms with Crippen LogP contribution in [0.1, 0.15) is 19.3 Å². The number of alkyl halides is 3. The number of amides is 1. The lowest BCUT2D eigenvalue weighted by molar-refractivity contribution is -0.188. The Morgan fingerprint density at radius 1 is 1.59 bits per heavy atom. The normalized spacial score (nSPS) is 23.3. The van der Waals surface area contributed by atoms with Gasteiger partial charge in [-0.25, -0.2) is 0 Å². The van der Waals surface area contributed by atoms with Crippen LogP contribution in [0, 0.1) is 5.92 Å². The van der Waals surface area contributed by atoms with E-state index in [2.05, 4.69) is 6.58 Å². The Bertz CT molecular complexity index is 291. The van der Waals surface area contributed by atoms with Gasteiger partial charge in [0.25, 0.3) is 0 Å². The second kappa shape index (κ2) is 5.53. The highest BCUT2D eigenvalue weighted by atomic mass is 19.4. The molecule has 3 nitrogen and oxygen atoms in total. The van der Waals surface area contributed by atoms with Gasteiger partial charge in [-0.15, -0.1) is 6.58 Å². The predicted molar refractivity (Wildman–Crippen MR) is 58.1 cm³/mol. The van der Waals surface area contributed by atoms with Gasteiger partial charge in [0.2, 0.25) is 5.91 Å². The molecule has 1 rings (SSSR count). The lowest BCUT2D eigenvalue weighted by atomic mass is 9.97. The van der Waals surface area contributed by atoms with Gasteiger partial charge in [-0.05, 0) is 19.3 Å². The Kier molecular flexibility index (Phi) is 4.56. The number of carbonyl (C=O) groups is 1. The molecule has 17 heavy (non-hydrogen) atoms. The number of piperidine rings is 1. The van der Waals surface area contributed by atoms with Crippen molar-refractivity contribution in [3.8, 4) is 0 Å². The highest BCUT2D eigenvalue weighted by Gasteiger charge is 2.43. The van der Waals surface area contributed by atoms with Gasteiger partial charge < -0.3 is 10.6 Å². The number of nitrogens with zero attached hydrogens (tertiary/aromatic N) is 1. The van der Waals surface area contributed by atoms with Crippen LogP contribution in [-0.2, 0) is 4.79 Å². The van der Waals surface area contributed by atoms with E-state index < -0.39 is 24.0 Å². The first kappa shape index (κ1) is 14.0. The standard InChI is InChI=1S/C11H17F3N2O/c1-2-4-9(15)10(17)16-6-3-5-8(7-16)11(12,13)14/h2,8-9H,1,3-7,15H2. The fourth-order valence-corrected chi connectivity index (χ4v) is 1.96. The van der Waals surface area contributed by atoms with E-state index in [-0.39, 0.29) is 19.4 Å². The first-order valence-electron chi connectivity index (χ1n) is 5.58. The number of likely N-dealkylation sites (tertiary alicyclic amines) is 1. The maximum absolute atomic E-state index is 12.5. The molecular formula is C11H17F3N2O. The van der Waals surface area contributed by atoms with Crippen LogP contribution in [0.2, 0.25) is 0 Å². The number of halogens is 3. The summed E-state index contributed by atoms with van der Waals surface area (Å²) in [4.78, 5) is 13.0. The van der Waals surface area contributed by atoms with Crippen molar-refractivity contribution in [1.82, 2.24) is 4.90 Å². The minimum absolute atomic E-state index is 0.0873. The van der Waals surface area contributed by atoms with Crippen LogP contribution in [0.4, 0.5) is 13.2 Å². The zero-order chi connectivity index (χ0) is 13.1. The molecule has 6 heteroatoms. The molecule has 2 atom stereocenters. The molecule has 0 spiro atoms. The predicted octanol–water partition coefficient (Wildman–Crippen LogP) is 1.69. The maximum Gasteiger partial charge on any atom is 0.393 e. The van der Waals surface area contributed by atoms with Crippen molar-refractivity contribution in [1.29, 1.82) is 0 Å². The fraction of sp³-hybridized carbons (Fsp3) is 0.727. The Balaban J connectivity index is 2.60. The first-order valence-corrected chi connectivity index (χ1v) is 5.58. The van der Waals surface area contributed by atoms with Gasteiger partial charge in [-0.2, -0.15) is 13.2 Å². The molecule has 1 heterocycles. The molecular weight excluding hydrogens is 233 g/mol. The van der Waals surface area contributed by atoms with E-state index in [0.29, 0.717) is 13.0 Å². The Morgan fingerprint density at radius 3 is 2.76 bits per heavy atom. The van der Waals surface area contributed by atoms with E-state index >= 15 is 0 Å². The molecule has 0 aromatic carbocycles. The zero-order valence-corrected chi connectivity index (χ0v) is 9.54. The van der Waals surface area contributed by atoms with Crippen LogP contribution in [0.25, 0.3) is 0 Å². The summed E-state index contributed by atoms with van der Waals surface area (Å²) in [6, 6.07) is -0.778. The molecule has 0 saturated carbocycles. The van der Waals surface area contributed by atoms with Gasteiger partial charge in [-0.3, -0.25) is 4.79 Å². The molecule has 1 aliphatic heterocycles. The molecule has 98 valence electrons. The van der Waals surface area contributed by atoms with E-state index in [1.165, 1.54) is 11.0 Å². The van der Waals surface area contributed by atoms with Crippen molar-refractivity contribution in [2.75, 3.05) is 13.1 Å². The second-order valence-corrected chi connectivity index (χ2v) is 4.30. The smallest absolute Gasteiger partial charge is 0.341 e. The van der Waals surface area contributed by atoms with Crippen LogP contribution in [0.5, 0.6) is 0 Å². The summed E-state index contributed by atoms with van der Waals surface area (Å²) >= 11 is 0. The largest absolute Gasteiger partial charge is 0.393 e. The van der Waals surface area contributed by atoms with Gasteiger partial charge in [0.1, 0.15) is 0 Å². The monoisotopic (exact) mass is 250 g/mol. The third-order valence-corrected chi connectivity index (χ3v) is 2.93. The Morgan fingerprint density at radius 2 is 2.24 bits per heavy atom. The molecule has 0 radical (unpaired) electrons. The molecule has 1 fully saturated rings. The molecule has 1 saturated heterocycles. The number of nitrogens with two attached hydrogens (primary N) is 1. The van der Waals surface area contributed by atoms with Gasteiger partial charge in [0.05, 0.1) is 12.0 Å². The summed E-state index contributed by atoms with van der Waals surface area (Å²) < 4.78 is 37.6. The fourth-order valence-electron chi connectivity index (χ4n) is 1.96. The van der Waals surface area contributed by atoms with Crippen molar-refractivity contribution >= 4 is 5.91 Å². The SMILES string of the molecule is C=CCC(N)C(=O)N1CCCC(C(F)(F)F)C1. The third kappa shape index (κ3) is 3.73. The average molecular weight is 250 g/mol. The van der Waals surface area contributed by atoms with Crippen molar-refractivity contribution < 1.29 is 18.0 Å². The molecule has 1 aliphatic rings. The van der Waals surface area contributed by atoms with Crippen LogP contribution in [-0.4, -0.2) is 36.1 Å². The summed E-state index contributed by atoms with van der Waals surface area (Å²) in [6.45, 7) is 3.54. The van der Waals surface area contributed by atoms with Crippen molar-refractivity contribution in [2.24, 2.45) is 11.7 Å². The lowest BCUT2D eigenvalue weighted by Crippen LogP contribution is -2.50. The van der Waals surface area contributed by atoms with Crippen molar-refractivity contribution in [3.63, 3.8) is 0 Å².